The van der Waals surface area contributed by atoms with Crippen molar-refractivity contribution in [2.45, 2.75) is 49.6 Å². The van der Waals surface area contributed by atoms with E-state index in [1.807, 2.05) is 6.92 Å². The monoisotopic (exact) mass is 341 g/mol. The zero-order valence-electron chi connectivity index (χ0n) is 13.3. The van der Waals surface area contributed by atoms with Gasteiger partial charge in [0.05, 0.1) is 23.7 Å². The second kappa shape index (κ2) is 7.29. The van der Waals surface area contributed by atoms with Gasteiger partial charge >= 0.3 is 0 Å². The molecule has 1 amide bonds. The van der Waals surface area contributed by atoms with Gasteiger partial charge in [0, 0.05) is 6.04 Å². The van der Waals surface area contributed by atoms with Gasteiger partial charge in [0.2, 0.25) is 15.9 Å². The molecule has 0 bridgehead atoms. The van der Waals surface area contributed by atoms with Crippen molar-refractivity contribution in [2.75, 3.05) is 12.4 Å². The van der Waals surface area contributed by atoms with Crippen molar-refractivity contribution in [1.29, 1.82) is 0 Å². The fourth-order valence-electron chi connectivity index (χ4n) is 2.11. The molecule has 2 rings (SSSR count). The molecule has 0 radical (unpaired) electrons. The molecule has 23 heavy (non-hydrogen) atoms. The number of rotatable bonds is 8. The molecule has 1 aliphatic rings. The summed E-state index contributed by atoms with van der Waals surface area (Å²) in [6, 6.07) is 3.72. The van der Waals surface area contributed by atoms with Gasteiger partial charge in [0.1, 0.15) is 5.75 Å². The summed E-state index contributed by atoms with van der Waals surface area (Å²) in [5, 5.41) is 2.65. The third kappa shape index (κ3) is 4.66. The lowest BCUT2D eigenvalue weighted by atomic mass is 10.1. The van der Waals surface area contributed by atoms with E-state index in [0.29, 0.717) is 17.9 Å². The number of anilines is 1. The van der Waals surface area contributed by atoms with E-state index >= 15 is 0 Å². The molecule has 0 saturated heterocycles. The predicted octanol–water partition coefficient (Wildman–Crippen LogP) is 1.20. The van der Waals surface area contributed by atoms with Crippen LogP contribution in [-0.4, -0.2) is 33.5 Å². The smallest absolute Gasteiger partial charge is 0.241 e. The average Bonchev–Trinajstić information content (AvgIpc) is 3.30. The van der Waals surface area contributed by atoms with Crippen LogP contribution in [0.1, 0.15) is 32.6 Å². The van der Waals surface area contributed by atoms with Gasteiger partial charge in [-0.3, -0.25) is 4.79 Å². The first-order valence-electron chi connectivity index (χ1n) is 7.64. The molecular formula is C15H23N3O4S. The second-order valence-corrected chi connectivity index (χ2v) is 7.36. The maximum absolute atomic E-state index is 12.3. The predicted molar refractivity (Wildman–Crippen MR) is 87.9 cm³/mol. The van der Waals surface area contributed by atoms with E-state index in [4.69, 9.17) is 10.5 Å². The molecule has 1 atom stereocenters. The summed E-state index contributed by atoms with van der Waals surface area (Å²) in [6.07, 6.45) is 3.04. The maximum Gasteiger partial charge on any atom is 0.241 e. The summed E-state index contributed by atoms with van der Waals surface area (Å²) in [5.74, 6) is 0.0160. The van der Waals surface area contributed by atoms with Crippen LogP contribution in [0.4, 0.5) is 5.69 Å². The third-order valence-corrected chi connectivity index (χ3v) is 5.09. The SMILES string of the molecule is CCCC(N)C(=O)Nc1cc(S(=O)(=O)NC2CC2)ccc1OC. The minimum absolute atomic E-state index is 0.0121. The lowest BCUT2D eigenvalue weighted by molar-refractivity contribution is -0.117. The highest BCUT2D eigenvalue weighted by atomic mass is 32.2. The van der Waals surface area contributed by atoms with Gasteiger partial charge in [0.25, 0.3) is 0 Å². The highest BCUT2D eigenvalue weighted by Crippen LogP contribution is 2.29. The Balaban J connectivity index is 2.23. The maximum atomic E-state index is 12.3. The standard InChI is InChI=1S/C15H23N3O4S/c1-3-4-12(16)15(19)17-13-9-11(7-8-14(13)22-2)23(20,21)18-10-5-6-10/h7-10,12,18H,3-6,16H2,1-2H3,(H,17,19). The number of hydrogen-bond donors (Lipinski definition) is 3. The van der Waals surface area contributed by atoms with Gasteiger partial charge in [-0.15, -0.1) is 0 Å². The molecule has 1 saturated carbocycles. The molecule has 0 aliphatic heterocycles. The Morgan fingerprint density at radius 1 is 1.43 bits per heavy atom. The molecular weight excluding hydrogens is 318 g/mol. The Bertz CT molecular complexity index is 671. The summed E-state index contributed by atoms with van der Waals surface area (Å²) < 4.78 is 32.3. The van der Waals surface area contributed by atoms with Crippen LogP contribution in [0.25, 0.3) is 0 Å². The summed E-state index contributed by atoms with van der Waals surface area (Å²) >= 11 is 0. The number of carbonyl (C=O) groups excluding carboxylic acids is 1. The minimum Gasteiger partial charge on any atom is -0.495 e. The quantitative estimate of drug-likeness (QED) is 0.658. The number of carbonyl (C=O) groups is 1. The highest BCUT2D eigenvalue weighted by molar-refractivity contribution is 7.89. The average molecular weight is 341 g/mol. The molecule has 0 aromatic heterocycles. The third-order valence-electron chi connectivity index (χ3n) is 3.57. The number of benzene rings is 1. The number of nitrogens with one attached hydrogen (secondary N) is 2. The number of ether oxygens (including phenoxy) is 1. The number of sulfonamides is 1. The van der Waals surface area contributed by atoms with Crippen LogP contribution in [0.5, 0.6) is 5.75 Å². The van der Waals surface area contributed by atoms with E-state index in [1.54, 1.807) is 0 Å². The molecule has 8 heteroatoms. The number of methoxy groups -OCH3 is 1. The molecule has 1 aromatic carbocycles. The zero-order chi connectivity index (χ0) is 17.0. The number of hydrogen-bond acceptors (Lipinski definition) is 5. The topological polar surface area (TPSA) is 111 Å². The molecule has 0 spiro atoms. The van der Waals surface area contributed by atoms with Crippen molar-refractivity contribution in [1.82, 2.24) is 4.72 Å². The fourth-order valence-corrected chi connectivity index (χ4v) is 3.44. The summed E-state index contributed by atoms with van der Waals surface area (Å²) in [7, 11) is -2.15. The van der Waals surface area contributed by atoms with E-state index in [0.717, 1.165) is 19.3 Å². The lowest BCUT2D eigenvalue weighted by Crippen LogP contribution is -2.35. The Morgan fingerprint density at radius 3 is 2.70 bits per heavy atom. The van der Waals surface area contributed by atoms with Crippen molar-refractivity contribution in [3.05, 3.63) is 18.2 Å². The Kier molecular flexibility index (Phi) is 5.61. The first kappa shape index (κ1) is 17.7. The number of nitrogens with two attached hydrogens (primary N) is 1. The van der Waals surface area contributed by atoms with Gasteiger partial charge in [0.15, 0.2) is 0 Å². The fraction of sp³-hybridized carbons (Fsp3) is 0.533. The van der Waals surface area contributed by atoms with Gasteiger partial charge in [-0.2, -0.15) is 0 Å². The normalized spacial score (nSPS) is 16.0. The zero-order valence-corrected chi connectivity index (χ0v) is 14.2. The highest BCUT2D eigenvalue weighted by Gasteiger charge is 2.28. The van der Waals surface area contributed by atoms with Crippen LogP contribution < -0.4 is 20.5 Å². The molecule has 0 heterocycles. The lowest BCUT2D eigenvalue weighted by Gasteiger charge is -2.15. The summed E-state index contributed by atoms with van der Waals surface area (Å²) in [6.45, 7) is 1.93. The molecule has 4 N–H and O–H groups in total. The summed E-state index contributed by atoms with van der Waals surface area (Å²) in [5.41, 5.74) is 6.08. The van der Waals surface area contributed by atoms with Crippen molar-refractivity contribution < 1.29 is 17.9 Å². The Morgan fingerprint density at radius 2 is 2.13 bits per heavy atom. The van der Waals surface area contributed by atoms with E-state index in [-0.39, 0.29) is 16.8 Å². The molecule has 128 valence electrons. The molecule has 1 aromatic rings. The van der Waals surface area contributed by atoms with Crippen LogP contribution in [-0.2, 0) is 14.8 Å². The minimum atomic E-state index is -3.60. The molecule has 1 aliphatic carbocycles. The van der Waals surface area contributed by atoms with Crippen LogP contribution in [0.2, 0.25) is 0 Å². The van der Waals surface area contributed by atoms with Gasteiger partial charge in [-0.1, -0.05) is 13.3 Å². The van der Waals surface area contributed by atoms with E-state index in [2.05, 4.69) is 10.0 Å². The van der Waals surface area contributed by atoms with Crippen molar-refractivity contribution in [2.24, 2.45) is 5.73 Å². The van der Waals surface area contributed by atoms with Crippen molar-refractivity contribution in [3.63, 3.8) is 0 Å². The number of amides is 1. The van der Waals surface area contributed by atoms with Crippen molar-refractivity contribution >= 4 is 21.6 Å². The van der Waals surface area contributed by atoms with Crippen LogP contribution >= 0.6 is 0 Å². The van der Waals surface area contributed by atoms with Gasteiger partial charge < -0.3 is 15.8 Å². The largest absolute Gasteiger partial charge is 0.495 e. The molecule has 1 fully saturated rings. The van der Waals surface area contributed by atoms with Crippen LogP contribution in [0.15, 0.2) is 23.1 Å². The van der Waals surface area contributed by atoms with Crippen LogP contribution in [0.3, 0.4) is 0 Å². The first-order chi connectivity index (χ1) is 10.9. The Labute approximate surface area is 136 Å². The van der Waals surface area contributed by atoms with E-state index < -0.39 is 16.1 Å². The second-order valence-electron chi connectivity index (χ2n) is 5.64. The van der Waals surface area contributed by atoms with E-state index in [9.17, 15) is 13.2 Å². The van der Waals surface area contributed by atoms with Gasteiger partial charge in [-0.25, -0.2) is 13.1 Å². The van der Waals surface area contributed by atoms with E-state index in [1.165, 1.54) is 25.3 Å². The molecule has 1 unspecified atom stereocenters. The van der Waals surface area contributed by atoms with Crippen molar-refractivity contribution in [3.8, 4) is 5.75 Å². The Hall–Kier alpha value is -1.64. The summed E-state index contributed by atoms with van der Waals surface area (Å²) in [4.78, 5) is 12.2. The van der Waals surface area contributed by atoms with Gasteiger partial charge in [-0.05, 0) is 37.5 Å². The first-order valence-corrected chi connectivity index (χ1v) is 9.12. The molecule has 7 nitrogen and oxygen atoms in total. The van der Waals surface area contributed by atoms with Crippen LogP contribution in [0, 0.1) is 0 Å².